The maximum atomic E-state index is 13.4. The van der Waals surface area contributed by atoms with Gasteiger partial charge in [-0.1, -0.05) is 18.2 Å². The molecule has 2 aliphatic rings. The van der Waals surface area contributed by atoms with Crippen LogP contribution in [0.5, 0.6) is 11.5 Å². The Morgan fingerprint density at radius 3 is 2.53 bits per heavy atom. The number of carbonyl (C=O) groups is 1. The van der Waals surface area contributed by atoms with Crippen molar-refractivity contribution in [3.05, 3.63) is 52.6 Å². The number of hydrogen-bond acceptors (Lipinski definition) is 6. The molecular formula is C25H30N2O6S. The topological polar surface area (TPSA) is 106 Å². The van der Waals surface area contributed by atoms with Gasteiger partial charge in [-0.2, -0.15) is 4.31 Å². The Bertz CT molecular complexity index is 1310. The predicted octanol–water partition coefficient (Wildman–Crippen LogP) is 3.29. The summed E-state index contributed by atoms with van der Waals surface area (Å²) in [4.78, 5) is 16.3. The summed E-state index contributed by atoms with van der Waals surface area (Å²) in [5.74, 6) is 0.0785. The molecule has 0 spiro atoms. The van der Waals surface area contributed by atoms with Crippen molar-refractivity contribution in [1.29, 1.82) is 0 Å². The Morgan fingerprint density at radius 1 is 1.21 bits per heavy atom. The Labute approximate surface area is 200 Å². The van der Waals surface area contributed by atoms with Crippen molar-refractivity contribution in [1.82, 2.24) is 4.31 Å². The van der Waals surface area contributed by atoms with Crippen molar-refractivity contribution in [3.63, 3.8) is 0 Å². The van der Waals surface area contributed by atoms with Crippen LogP contribution < -0.4 is 9.47 Å². The molecule has 182 valence electrons. The number of likely N-dealkylation sites (N-methyl/N-ethyl adjacent to an activating group) is 1. The van der Waals surface area contributed by atoms with Crippen molar-refractivity contribution in [2.24, 2.45) is 4.99 Å². The van der Waals surface area contributed by atoms with Gasteiger partial charge in [0, 0.05) is 30.2 Å². The van der Waals surface area contributed by atoms with Crippen LogP contribution in [0.25, 0.3) is 0 Å². The number of fused-ring (bicyclic) bond motifs is 3. The van der Waals surface area contributed by atoms with Gasteiger partial charge >= 0.3 is 5.97 Å². The minimum Gasteiger partial charge on any atom is -0.493 e. The van der Waals surface area contributed by atoms with E-state index in [1.165, 1.54) is 13.1 Å². The van der Waals surface area contributed by atoms with Gasteiger partial charge in [-0.3, -0.25) is 9.79 Å². The number of ether oxygens (including phenoxy) is 2. The van der Waals surface area contributed by atoms with E-state index in [0.29, 0.717) is 35.6 Å². The number of aliphatic carboxylic acids is 1. The number of sulfonamides is 1. The van der Waals surface area contributed by atoms with Gasteiger partial charge in [-0.05, 0) is 51.8 Å². The van der Waals surface area contributed by atoms with Crippen molar-refractivity contribution < 1.29 is 27.8 Å². The fourth-order valence-electron chi connectivity index (χ4n) is 4.75. The average Bonchev–Trinajstić information content (AvgIpc) is 3.06. The molecule has 0 bridgehead atoms. The minimum absolute atomic E-state index is 0.0175. The van der Waals surface area contributed by atoms with Crippen LogP contribution in [-0.2, 0) is 27.7 Å². The van der Waals surface area contributed by atoms with Crippen LogP contribution in [0.4, 0.5) is 0 Å². The first-order chi connectivity index (χ1) is 15.8. The lowest BCUT2D eigenvalue weighted by atomic mass is 9.81. The van der Waals surface area contributed by atoms with Gasteiger partial charge in [0.1, 0.15) is 12.1 Å². The van der Waals surface area contributed by atoms with E-state index in [-0.39, 0.29) is 4.90 Å². The second kappa shape index (κ2) is 8.09. The Morgan fingerprint density at radius 2 is 1.88 bits per heavy atom. The molecule has 1 N–H and O–H groups in total. The Kier molecular flexibility index (Phi) is 5.77. The van der Waals surface area contributed by atoms with E-state index in [4.69, 9.17) is 19.6 Å². The molecule has 0 saturated carbocycles. The van der Waals surface area contributed by atoms with Gasteiger partial charge in [-0.25, -0.2) is 8.42 Å². The van der Waals surface area contributed by atoms with Gasteiger partial charge in [0.25, 0.3) is 0 Å². The molecular weight excluding hydrogens is 456 g/mol. The molecule has 34 heavy (non-hydrogen) atoms. The highest BCUT2D eigenvalue weighted by molar-refractivity contribution is 7.89. The molecule has 0 saturated heterocycles. The number of methoxy groups -OCH3 is 1. The standard InChI is InChI=1S/C25H30N2O6S/c1-24(2)12-15-11-18(32-6)23-17(13-25(3,4)33-23)21(15)22(26-24)16-9-7-8-10-19(16)34(30,31)27(5)14-20(28)29/h7-11H,12-14H2,1-6H3,(H,28,29). The summed E-state index contributed by atoms with van der Waals surface area (Å²) >= 11 is 0. The van der Waals surface area contributed by atoms with Gasteiger partial charge in [-0.15, -0.1) is 0 Å². The first-order valence-corrected chi connectivity index (χ1v) is 12.5. The summed E-state index contributed by atoms with van der Waals surface area (Å²) in [5, 5.41) is 9.16. The highest BCUT2D eigenvalue weighted by atomic mass is 32.2. The fraction of sp³-hybridized carbons (Fsp3) is 0.440. The van der Waals surface area contributed by atoms with Crippen LogP contribution in [0.2, 0.25) is 0 Å². The van der Waals surface area contributed by atoms with Crippen LogP contribution >= 0.6 is 0 Å². The quantitative estimate of drug-likeness (QED) is 0.672. The van der Waals surface area contributed by atoms with Crippen LogP contribution in [0.1, 0.15) is 49.9 Å². The minimum atomic E-state index is -4.09. The first kappa shape index (κ1) is 24.2. The molecule has 0 unspecified atom stereocenters. The second-order valence-electron chi connectivity index (χ2n) is 10.1. The molecule has 0 aromatic heterocycles. The third-order valence-electron chi connectivity index (χ3n) is 6.09. The monoisotopic (exact) mass is 486 g/mol. The second-order valence-corrected chi connectivity index (χ2v) is 12.1. The summed E-state index contributed by atoms with van der Waals surface area (Å²) in [7, 11) is -1.21. The van der Waals surface area contributed by atoms with Gasteiger partial charge in [0.05, 0.1) is 23.3 Å². The number of aliphatic imine (C=N–C) groups is 1. The largest absolute Gasteiger partial charge is 0.493 e. The van der Waals surface area contributed by atoms with Gasteiger partial charge in [0.15, 0.2) is 11.5 Å². The molecule has 8 nitrogen and oxygen atoms in total. The van der Waals surface area contributed by atoms with Crippen molar-refractivity contribution in [3.8, 4) is 11.5 Å². The number of benzene rings is 2. The van der Waals surface area contributed by atoms with E-state index in [1.807, 2.05) is 33.8 Å². The molecule has 0 amide bonds. The lowest BCUT2D eigenvalue weighted by Crippen LogP contribution is -2.34. The van der Waals surface area contributed by atoms with Crippen LogP contribution in [0, 0.1) is 0 Å². The lowest BCUT2D eigenvalue weighted by molar-refractivity contribution is -0.137. The number of rotatable bonds is 6. The van der Waals surface area contributed by atoms with E-state index in [1.54, 1.807) is 25.3 Å². The molecule has 0 aliphatic carbocycles. The molecule has 0 fully saturated rings. The van der Waals surface area contributed by atoms with Crippen LogP contribution in [-0.4, -0.2) is 61.4 Å². The summed E-state index contributed by atoms with van der Waals surface area (Å²) in [6, 6.07) is 8.57. The third-order valence-corrected chi connectivity index (χ3v) is 7.95. The maximum absolute atomic E-state index is 13.4. The predicted molar refractivity (Wildman–Crippen MR) is 129 cm³/mol. The summed E-state index contributed by atoms with van der Waals surface area (Å²) < 4.78 is 39.5. The van der Waals surface area contributed by atoms with Crippen molar-refractivity contribution in [2.45, 2.75) is 56.6 Å². The number of nitrogens with zero attached hydrogens (tertiary/aromatic N) is 2. The average molecular weight is 487 g/mol. The zero-order valence-corrected chi connectivity index (χ0v) is 21.1. The Balaban J connectivity index is 1.98. The molecule has 2 aromatic carbocycles. The van der Waals surface area contributed by atoms with E-state index in [0.717, 1.165) is 21.0 Å². The summed E-state index contributed by atoms with van der Waals surface area (Å²) in [6.07, 6.45) is 1.28. The normalized spacial score (nSPS) is 18.0. The molecule has 4 rings (SSSR count). The van der Waals surface area contributed by atoms with Crippen LogP contribution in [0.3, 0.4) is 0 Å². The number of carboxylic acid groups (broad SMARTS) is 1. The van der Waals surface area contributed by atoms with E-state index in [9.17, 15) is 13.2 Å². The molecule has 2 aromatic rings. The van der Waals surface area contributed by atoms with Crippen molar-refractivity contribution >= 4 is 21.7 Å². The number of hydrogen-bond donors (Lipinski definition) is 1. The highest BCUT2D eigenvalue weighted by Crippen LogP contribution is 2.48. The smallest absolute Gasteiger partial charge is 0.318 e. The first-order valence-electron chi connectivity index (χ1n) is 11.1. The third kappa shape index (κ3) is 4.18. The van der Waals surface area contributed by atoms with Crippen molar-refractivity contribution in [2.75, 3.05) is 20.7 Å². The lowest BCUT2D eigenvalue weighted by Gasteiger charge is -2.31. The number of carboxylic acids is 1. The SMILES string of the molecule is COc1cc2c(c3c1OC(C)(C)C3)C(c1ccccc1S(=O)(=O)N(C)CC(=O)O)=NC(C)(C)C2. The fourth-order valence-corrected chi connectivity index (χ4v) is 6.06. The molecule has 2 aliphatic heterocycles. The van der Waals surface area contributed by atoms with Crippen LogP contribution in [0.15, 0.2) is 40.2 Å². The van der Waals surface area contributed by atoms with Gasteiger partial charge < -0.3 is 14.6 Å². The summed E-state index contributed by atoms with van der Waals surface area (Å²) in [5.41, 5.74) is 2.89. The molecule has 0 atom stereocenters. The van der Waals surface area contributed by atoms with E-state index in [2.05, 4.69) is 0 Å². The zero-order valence-electron chi connectivity index (χ0n) is 20.3. The molecule has 0 radical (unpaired) electrons. The van der Waals surface area contributed by atoms with E-state index < -0.39 is 33.7 Å². The summed E-state index contributed by atoms with van der Waals surface area (Å²) in [6.45, 7) is 7.37. The zero-order chi connectivity index (χ0) is 25.1. The maximum Gasteiger partial charge on any atom is 0.318 e. The molecule has 2 heterocycles. The molecule has 9 heteroatoms. The van der Waals surface area contributed by atoms with E-state index >= 15 is 0 Å². The highest BCUT2D eigenvalue weighted by Gasteiger charge is 2.40. The van der Waals surface area contributed by atoms with Gasteiger partial charge in [0.2, 0.25) is 10.0 Å². The Hall–Kier alpha value is -2.91.